The fraction of sp³-hybridized carbons (Fsp3) is 0.368. The van der Waals surface area contributed by atoms with E-state index in [4.69, 9.17) is 0 Å². The maximum absolute atomic E-state index is 12.9. The lowest BCUT2D eigenvalue weighted by Gasteiger charge is -2.30. The summed E-state index contributed by atoms with van der Waals surface area (Å²) in [7, 11) is -1.22. The number of aromatic nitrogens is 2. The normalized spacial score (nSPS) is 16.6. The zero-order valence-corrected chi connectivity index (χ0v) is 16.9. The second-order valence-electron chi connectivity index (χ2n) is 6.92. The van der Waals surface area contributed by atoms with Crippen molar-refractivity contribution in [3.8, 4) is 0 Å². The number of rotatable bonds is 5. The Morgan fingerprint density at radius 1 is 1.07 bits per heavy atom. The summed E-state index contributed by atoms with van der Waals surface area (Å²) in [5, 5.41) is 0. The Bertz CT molecular complexity index is 1080. The van der Waals surface area contributed by atoms with Gasteiger partial charge in [-0.1, -0.05) is 36.4 Å². The number of piperazine rings is 1. The molecule has 1 saturated heterocycles. The minimum absolute atomic E-state index is 0.336. The number of benzene rings is 1. The highest BCUT2D eigenvalue weighted by Crippen LogP contribution is 2.10. The van der Waals surface area contributed by atoms with Crippen LogP contribution in [0.4, 0.5) is 0 Å². The largest absolute Gasteiger partial charge is 0.330 e. The summed E-state index contributed by atoms with van der Waals surface area (Å²) >= 11 is 0. The van der Waals surface area contributed by atoms with Gasteiger partial charge < -0.3 is 9.47 Å². The Kier molecular flexibility index (Phi) is 5.97. The van der Waals surface area contributed by atoms with Crippen molar-refractivity contribution in [1.82, 2.24) is 13.4 Å². The van der Waals surface area contributed by atoms with Crippen LogP contribution in [0.25, 0.3) is 6.08 Å². The zero-order valence-electron chi connectivity index (χ0n) is 16.0. The van der Waals surface area contributed by atoms with Crippen molar-refractivity contribution in [3.63, 3.8) is 0 Å². The van der Waals surface area contributed by atoms with Crippen LogP contribution in [0.3, 0.4) is 0 Å². The average molecular weight is 406 g/mol. The van der Waals surface area contributed by atoms with Gasteiger partial charge in [0.25, 0.3) is 5.56 Å². The topological polar surface area (TPSA) is 85.8 Å². The van der Waals surface area contributed by atoms with E-state index in [1.165, 1.54) is 23.3 Å². The van der Waals surface area contributed by atoms with Gasteiger partial charge in [-0.15, -0.1) is 0 Å². The van der Waals surface area contributed by atoms with Crippen molar-refractivity contribution in [3.05, 3.63) is 69.0 Å². The first-order valence-electron chi connectivity index (χ1n) is 9.12. The number of hydrogen-bond acceptors (Lipinski definition) is 4. The van der Waals surface area contributed by atoms with Crippen LogP contribution in [-0.4, -0.2) is 54.6 Å². The number of aryl methyl sites for hydroxylation is 1. The summed E-state index contributed by atoms with van der Waals surface area (Å²) in [5.41, 5.74) is -0.208. The maximum Gasteiger partial charge on any atom is 0.330 e. The van der Waals surface area contributed by atoms with Gasteiger partial charge in [0.15, 0.2) is 4.90 Å². The molecule has 0 aliphatic carbocycles. The molecule has 1 N–H and O–H groups in total. The van der Waals surface area contributed by atoms with E-state index in [-0.39, 0.29) is 4.90 Å². The quantitative estimate of drug-likeness (QED) is 0.669. The molecular formula is C19H25N4O4S+. The third-order valence-electron chi connectivity index (χ3n) is 4.98. The van der Waals surface area contributed by atoms with Gasteiger partial charge in [0, 0.05) is 20.3 Å². The zero-order chi connectivity index (χ0) is 20.3. The molecule has 8 nitrogen and oxygen atoms in total. The lowest BCUT2D eigenvalue weighted by molar-refractivity contribution is -0.897. The summed E-state index contributed by atoms with van der Waals surface area (Å²) in [6.07, 6.45) is 5.27. The van der Waals surface area contributed by atoms with Crippen LogP contribution in [0.2, 0.25) is 0 Å². The molecule has 0 spiro atoms. The third kappa shape index (κ3) is 4.16. The van der Waals surface area contributed by atoms with Crippen molar-refractivity contribution in [2.24, 2.45) is 14.1 Å². The summed E-state index contributed by atoms with van der Waals surface area (Å²) < 4.78 is 29.1. The summed E-state index contributed by atoms with van der Waals surface area (Å²) in [6, 6.07) is 10.0. The highest BCUT2D eigenvalue weighted by molar-refractivity contribution is 7.89. The lowest BCUT2D eigenvalue weighted by atomic mass is 10.2. The summed E-state index contributed by atoms with van der Waals surface area (Å²) in [4.78, 5) is 25.0. The molecule has 1 aromatic heterocycles. The molecule has 3 rings (SSSR count). The van der Waals surface area contributed by atoms with E-state index in [1.807, 2.05) is 30.3 Å². The number of hydrogen-bond donors (Lipinski definition) is 1. The first-order valence-corrected chi connectivity index (χ1v) is 10.6. The molecule has 0 atom stereocenters. The molecule has 1 aliphatic rings. The molecule has 150 valence electrons. The monoisotopic (exact) mass is 405 g/mol. The van der Waals surface area contributed by atoms with Gasteiger partial charge in [-0.25, -0.2) is 13.2 Å². The van der Waals surface area contributed by atoms with Crippen LogP contribution >= 0.6 is 0 Å². The van der Waals surface area contributed by atoms with E-state index in [1.54, 1.807) is 0 Å². The molecule has 2 aromatic rings. The van der Waals surface area contributed by atoms with Gasteiger partial charge in [-0.05, 0) is 11.6 Å². The second kappa shape index (κ2) is 8.26. The number of nitrogens with zero attached hydrogens (tertiary/aromatic N) is 3. The second-order valence-corrected chi connectivity index (χ2v) is 8.83. The van der Waals surface area contributed by atoms with E-state index < -0.39 is 21.3 Å². The molecule has 2 heterocycles. The molecule has 0 bridgehead atoms. The van der Waals surface area contributed by atoms with E-state index in [9.17, 15) is 18.0 Å². The minimum Gasteiger partial charge on any atom is -0.329 e. The van der Waals surface area contributed by atoms with Crippen molar-refractivity contribution in [2.45, 2.75) is 4.90 Å². The lowest BCUT2D eigenvalue weighted by Crippen LogP contribution is -3.14. The molecule has 0 saturated carbocycles. The van der Waals surface area contributed by atoms with Crippen molar-refractivity contribution < 1.29 is 13.3 Å². The summed E-state index contributed by atoms with van der Waals surface area (Å²) in [5.74, 6) is 0. The molecule has 0 amide bonds. The Hall–Kier alpha value is -2.49. The molecule has 1 fully saturated rings. The molecule has 9 heteroatoms. The van der Waals surface area contributed by atoms with Crippen molar-refractivity contribution >= 4 is 16.1 Å². The molecular weight excluding hydrogens is 380 g/mol. The highest BCUT2D eigenvalue weighted by Gasteiger charge is 2.32. The number of sulfonamides is 1. The Morgan fingerprint density at radius 3 is 2.36 bits per heavy atom. The van der Waals surface area contributed by atoms with Gasteiger partial charge in [0.05, 0.1) is 32.7 Å². The molecule has 1 aromatic carbocycles. The Morgan fingerprint density at radius 2 is 1.71 bits per heavy atom. The van der Waals surface area contributed by atoms with Gasteiger partial charge >= 0.3 is 5.69 Å². The first-order chi connectivity index (χ1) is 13.3. The van der Waals surface area contributed by atoms with Crippen molar-refractivity contribution in [1.29, 1.82) is 0 Å². The predicted molar refractivity (Wildman–Crippen MR) is 107 cm³/mol. The van der Waals surface area contributed by atoms with Crippen LogP contribution < -0.4 is 16.1 Å². The number of quaternary nitrogens is 1. The molecule has 0 unspecified atom stereocenters. The smallest absolute Gasteiger partial charge is 0.329 e. The highest BCUT2D eigenvalue weighted by atomic mass is 32.2. The summed E-state index contributed by atoms with van der Waals surface area (Å²) in [6.45, 7) is 2.80. The fourth-order valence-corrected chi connectivity index (χ4v) is 4.85. The van der Waals surface area contributed by atoms with E-state index >= 15 is 0 Å². The van der Waals surface area contributed by atoms with Gasteiger partial charge in [-0.2, -0.15) is 4.31 Å². The predicted octanol–water partition coefficient (Wildman–Crippen LogP) is -1.31. The van der Waals surface area contributed by atoms with Crippen molar-refractivity contribution in [2.75, 3.05) is 32.7 Å². The van der Waals surface area contributed by atoms with E-state index in [2.05, 4.69) is 12.2 Å². The minimum atomic E-state index is -3.93. The van der Waals surface area contributed by atoms with Crippen LogP contribution in [-0.2, 0) is 24.1 Å². The van der Waals surface area contributed by atoms with Crippen LogP contribution in [0, 0.1) is 0 Å². The van der Waals surface area contributed by atoms with E-state index in [0.717, 1.165) is 27.4 Å². The number of nitrogens with one attached hydrogen (secondary N) is 1. The SMILES string of the molecule is Cn1cc(S(=O)(=O)N2CC[NH+](C/C=C/c3ccccc3)CC2)c(=O)n(C)c1=O. The maximum atomic E-state index is 12.9. The van der Waals surface area contributed by atoms with Crippen LogP contribution in [0.1, 0.15) is 5.56 Å². The fourth-order valence-electron chi connectivity index (χ4n) is 3.26. The molecule has 0 radical (unpaired) electrons. The Labute approximate surface area is 164 Å². The van der Waals surface area contributed by atoms with Gasteiger partial charge in [0.1, 0.15) is 0 Å². The average Bonchev–Trinajstić information content (AvgIpc) is 2.70. The van der Waals surface area contributed by atoms with Crippen LogP contribution in [0.5, 0.6) is 0 Å². The van der Waals surface area contributed by atoms with Crippen LogP contribution in [0.15, 0.2) is 57.1 Å². The van der Waals surface area contributed by atoms with Gasteiger partial charge in [-0.3, -0.25) is 9.36 Å². The van der Waals surface area contributed by atoms with E-state index in [0.29, 0.717) is 26.2 Å². The van der Waals surface area contributed by atoms with Gasteiger partial charge in [0.2, 0.25) is 10.0 Å². The Balaban J connectivity index is 1.67. The third-order valence-corrected chi connectivity index (χ3v) is 6.86. The standard InChI is InChI=1S/C19H24N4O4S/c1-20-15-17(18(24)21(2)19(20)25)28(26,27)23-13-11-22(12-14-23)10-6-9-16-7-4-3-5-8-16/h3-9,15H,10-14H2,1-2H3/p+1/b9-6+. The molecule has 1 aliphatic heterocycles. The molecule has 28 heavy (non-hydrogen) atoms. The first kappa shape index (κ1) is 20.2.